The van der Waals surface area contributed by atoms with E-state index in [1.807, 2.05) is 0 Å². The van der Waals surface area contributed by atoms with E-state index in [0.717, 1.165) is 0 Å². The maximum Gasteiger partial charge on any atom is 0.255 e. The Kier molecular flexibility index (Phi) is 5.97. The van der Waals surface area contributed by atoms with Crippen LogP contribution in [0, 0.1) is 0 Å². The van der Waals surface area contributed by atoms with Gasteiger partial charge in [-0.15, -0.1) is 0 Å². The van der Waals surface area contributed by atoms with Gasteiger partial charge < -0.3 is 36.2 Å². The topological polar surface area (TPSA) is 189 Å². The fourth-order valence-corrected chi connectivity index (χ4v) is 3.78. The van der Waals surface area contributed by atoms with Crippen molar-refractivity contribution in [3.63, 3.8) is 0 Å². The molecule has 0 radical (unpaired) electrons. The smallest absolute Gasteiger partial charge is 0.255 e. The highest BCUT2D eigenvalue weighted by molar-refractivity contribution is 9.10. The Balaban J connectivity index is 1.42. The highest BCUT2D eigenvalue weighted by atomic mass is 79.9. The summed E-state index contributed by atoms with van der Waals surface area (Å²) in [6.07, 6.45) is 1.33. The number of nitrogens with zero attached hydrogens (tertiary/aromatic N) is 4. The van der Waals surface area contributed by atoms with E-state index in [4.69, 9.17) is 10.5 Å². The van der Waals surface area contributed by atoms with Gasteiger partial charge in [-0.1, -0.05) is 28.1 Å². The third-order valence-electron chi connectivity index (χ3n) is 4.94. The van der Waals surface area contributed by atoms with E-state index in [2.05, 4.69) is 36.2 Å². The summed E-state index contributed by atoms with van der Waals surface area (Å²) in [4.78, 5) is 24.3. The fourth-order valence-electron chi connectivity index (χ4n) is 3.34. The van der Waals surface area contributed by atoms with Gasteiger partial charge in [0.2, 0.25) is 0 Å². The number of aliphatic hydroxyl groups is 2. The van der Waals surface area contributed by atoms with Crippen LogP contribution >= 0.6 is 15.9 Å². The fraction of sp³-hybridized carbons (Fsp3) is 0.263. The molecule has 3 heterocycles. The van der Waals surface area contributed by atoms with Crippen molar-refractivity contribution in [2.45, 2.75) is 24.5 Å². The molecule has 0 spiro atoms. The molecule has 1 aliphatic heterocycles. The molecule has 2 aromatic heterocycles. The summed E-state index contributed by atoms with van der Waals surface area (Å²) in [6, 6.07) is 2.63. The molecular weight excluding hydrogens is 488 g/mol. The average molecular weight is 507 g/mol. The summed E-state index contributed by atoms with van der Waals surface area (Å²) >= 11 is 3.14. The minimum atomic E-state index is -1.27. The van der Waals surface area contributed by atoms with Crippen molar-refractivity contribution in [2.75, 3.05) is 12.3 Å². The van der Waals surface area contributed by atoms with Crippen LogP contribution in [0.2, 0.25) is 0 Å². The van der Waals surface area contributed by atoms with Gasteiger partial charge in [-0.2, -0.15) is 0 Å². The first-order valence-corrected chi connectivity index (χ1v) is 10.2. The van der Waals surface area contributed by atoms with Crippen LogP contribution in [-0.2, 0) is 4.74 Å². The van der Waals surface area contributed by atoms with Crippen LogP contribution in [0.1, 0.15) is 16.6 Å². The number of rotatable bonds is 5. The molecule has 7 N–H and O–H groups in total. The summed E-state index contributed by atoms with van der Waals surface area (Å²) < 4.78 is 7.65. The van der Waals surface area contributed by atoms with Crippen molar-refractivity contribution < 1.29 is 30.0 Å². The van der Waals surface area contributed by atoms with Crippen LogP contribution < -0.4 is 11.1 Å². The number of nitrogens with one attached hydrogen (secondary N) is 1. The number of phenolic OH excluding ortho intramolecular Hbond substituents is 2. The Morgan fingerprint density at radius 2 is 2.03 bits per heavy atom. The largest absolute Gasteiger partial charge is 0.504 e. The second-order valence-electron chi connectivity index (χ2n) is 7.01. The number of carbonyl (C=O) groups excluding carboxylic acids is 1. The number of anilines is 1. The van der Waals surface area contributed by atoms with Crippen molar-refractivity contribution in [1.29, 1.82) is 0 Å². The lowest BCUT2D eigenvalue weighted by atomic mass is 10.1. The van der Waals surface area contributed by atoms with Gasteiger partial charge in [0, 0.05) is 11.0 Å². The normalized spacial score (nSPS) is 23.2. The molecule has 4 atom stereocenters. The van der Waals surface area contributed by atoms with Crippen LogP contribution in [0.3, 0.4) is 0 Å². The van der Waals surface area contributed by atoms with Gasteiger partial charge in [0.15, 0.2) is 29.2 Å². The number of imidazole rings is 1. The van der Waals surface area contributed by atoms with Gasteiger partial charge in [0.1, 0.15) is 30.2 Å². The number of phenols is 2. The van der Waals surface area contributed by atoms with Crippen LogP contribution in [0.25, 0.3) is 11.2 Å². The number of benzene rings is 1. The molecule has 32 heavy (non-hydrogen) atoms. The van der Waals surface area contributed by atoms with E-state index in [0.29, 0.717) is 15.6 Å². The number of nitrogen functional groups attached to an aromatic ring is 1. The van der Waals surface area contributed by atoms with E-state index >= 15 is 0 Å². The summed E-state index contributed by atoms with van der Waals surface area (Å²) in [5.41, 5.74) is 6.37. The van der Waals surface area contributed by atoms with Gasteiger partial charge >= 0.3 is 0 Å². The van der Waals surface area contributed by atoms with Crippen LogP contribution in [0.5, 0.6) is 11.5 Å². The molecule has 1 aliphatic rings. The van der Waals surface area contributed by atoms with Crippen LogP contribution in [0.15, 0.2) is 41.4 Å². The molecule has 4 rings (SSSR count). The molecule has 12 nitrogen and oxygen atoms in total. The molecule has 168 valence electrons. The Labute approximate surface area is 189 Å². The van der Waals surface area contributed by atoms with E-state index in [1.54, 1.807) is 0 Å². The minimum Gasteiger partial charge on any atom is -0.504 e. The predicted molar refractivity (Wildman–Crippen MR) is 115 cm³/mol. The zero-order valence-corrected chi connectivity index (χ0v) is 17.9. The van der Waals surface area contributed by atoms with Crippen molar-refractivity contribution >= 4 is 38.8 Å². The molecule has 0 saturated carbocycles. The Hall–Kier alpha value is -3.26. The number of aromatic hydroxyl groups is 2. The number of aliphatic hydroxyl groups excluding tert-OH is 2. The average Bonchev–Trinajstić information content (AvgIpc) is 3.30. The molecule has 0 aliphatic carbocycles. The number of nitrogens with two attached hydrogens (primary N) is 1. The van der Waals surface area contributed by atoms with E-state index in [9.17, 15) is 25.2 Å². The van der Waals surface area contributed by atoms with Gasteiger partial charge in [-0.3, -0.25) is 9.36 Å². The summed E-state index contributed by atoms with van der Waals surface area (Å²) in [7, 11) is 0. The Bertz CT molecular complexity index is 1200. The third kappa shape index (κ3) is 3.98. The molecule has 3 unspecified atom stereocenters. The number of aromatic nitrogens is 4. The van der Waals surface area contributed by atoms with E-state index in [1.165, 1.54) is 41.5 Å². The monoisotopic (exact) mass is 506 g/mol. The number of hydrogen-bond acceptors (Lipinski definition) is 10. The lowest BCUT2D eigenvalue weighted by molar-refractivity contribution is -0.0245. The molecule has 0 bridgehead atoms. The SMILES string of the molecule is Nc1ncnc2c1ncn2C1OC(C=CCNC(=O)c2cc(Br)cc(O)c2O)C(O)[C@H]1O. The number of amides is 1. The first-order chi connectivity index (χ1) is 15.3. The molecule has 1 saturated heterocycles. The summed E-state index contributed by atoms with van der Waals surface area (Å²) in [5, 5.41) is 42.8. The zero-order valence-electron chi connectivity index (χ0n) is 16.3. The minimum absolute atomic E-state index is 0.0383. The van der Waals surface area contributed by atoms with Gasteiger partial charge in [-0.25, -0.2) is 15.0 Å². The van der Waals surface area contributed by atoms with Gasteiger partial charge in [0.25, 0.3) is 5.91 Å². The van der Waals surface area contributed by atoms with Crippen molar-refractivity contribution in [3.05, 3.63) is 47.0 Å². The number of ether oxygens (including phenoxy) is 1. The maximum absolute atomic E-state index is 12.3. The maximum atomic E-state index is 12.3. The van der Waals surface area contributed by atoms with E-state index < -0.39 is 41.9 Å². The third-order valence-corrected chi connectivity index (χ3v) is 5.40. The first kappa shape index (κ1) is 22.0. The van der Waals surface area contributed by atoms with E-state index in [-0.39, 0.29) is 17.9 Å². The number of halogens is 1. The molecule has 1 aromatic carbocycles. The first-order valence-electron chi connectivity index (χ1n) is 9.39. The predicted octanol–water partition coefficient (Wildman–Crippen LogP) is 0.188. The highest BCUT2D eigenvalue weighted by Gasteiger charge is 2.43. The molecule has 1 fully saturated rings. The Morgan fingerprint density at radius 3 is 2.81 bits per heavy atom. The van der Waals surface area contributed by atoms with Crippen molar-refractivity contribution in [2.24, 2.45) is 0 Å². The molecule has 3 aromatic rings. The number of fused-ring (bicyclic) bond motifs is 1. The molecular formula is C19H19BrN6O6. The molecule has 1 amide bonds. The number of carbonyl (C=O) groups is 1. The lowest BCUT2D eigenvalue weighted by Crippen LogP contribution is -2.31. The standard InChI is InChI=1S/C19H19BrN6O6/c20-8-4-9(13(28)10(27)5-8)18(31)22-3-1-2-11-14(29)15(30)19(32-11)26-7-25-12-16(21)23-6-24-17(12)26/h1-2,4-7,11,14-15,19,27-30H,3H2,(H,22,31)(H2,21,23,24)/t11?,14?,15-,19?/m1/s1. The summed E-state index contributed by atoms with van der Waals surface area (Å²) in [6.45, 7) is 0.0383. The second kappa shape index (κ2) is 8.70. The Morgan fingerprint density at radius 1 is 1.25 bits per heavy atom. The number of hydrogen-bond donors (Lipinski definition) is 6. The quantitative estimate of drug-likeness (QED) is 0.205. The van der Waals surface area contributed by atoms with Crippen LogP contribution in [-0.4, -0.2) is 70.7 Å². The van der Waals surface area contributed by atoms with Gasteiger partial charge in [0.05, 0.1) is 11.9 Å². The highest BCUT2D eigenvalue weighted by Crippen LogP contribution is 2.33. The zero-order chi connectivity index (χ0) is 23.0. The second-order valence-corrected chi connectivity index (χ2v) is 7.93. The lowest BCUT2D eigenvalue weighted by Gasteiger charge is -2.16. The molecule has 13 heteroatoms. The van der Waals surface area contributed by atoms with Gasteiger partial charge in [-0.05, 0) is 12.1 Å². The van der Waals surface area contributed by atoms with Crippen LogP contribution in [0.4, 0.5) is 5.82 Å². The van der Waals surface area contributed by atoms with Crippen molar-refractivity contribution in [1.82, 2.24) is 24.8 Å². The van der Waals surface area contributed by atoms with Crippen molar-refractivity contribution in [3.8, 4) is 11.5 Å². The summed E-state index contributed by atoms with van der Waals surface area (Å²) in [5.74, 6) is -1.40.